The zero-order valence-corrected chi connectivity index (χ0v) is 29.0. The molecule has 1 aliphatic heterocycles. The first-order chi connectivity index (χ1) is 25.8. The molecule has 1 heterocycles. The molecule has 0 amide bonds. The van der Waals surface area contributed by atoms with Gasteiger partial charge in [-0.05, 0) is 118 Å². The third kappa shape index (κ3) is 3.75. The van der Waals surface area contributed by atoms with Gasteiger partial charge in [-0.2, -0.15) is 0 Å². The van der Waals surface area contributed by atoms with Gasteiger partial charge in [0.1, 0.15) is 5.37 Å². The van der Waals surface area contributed by atoms with Crippen LogP contribution in [0.5, 0.6) is 0 Å². The monoisotopic (exact) mass is 677 g/mol. The quantitative estimate of drug-likeness (QED) is 0.183. The van der Waals surface area contributed by atoms with Crippen LogP contribution in [-0.4, -0.2) is 0 Å². The van der Waals surface area contributed by atoms with Gasteiger partial charge in [-0.15, -0.1) is 0 Å². The van der Waals surface area contributed by atoms with Crippen LogP contribution in [0.3, 0.4) is 0 Å². The van der Waals surface area contributed by atoms with Crippen LogP contribution in [0.25, 0.3) is 65.7 Å². The maximum atomic E-state index is 3.81. The molecule has 1 spiro atoms. The van der Waals surface area contributed by atoms with Crippen LogP contribution in [0.1, 0.15) is 33.2 Å². The molecule has 1 unspecified atom stereocenters. The highest BCUT2D eigenvalue weighted by atomic mass is 32.2. The number of thioether (sulfide) groups is 1. The van der Waals surface area contributed by atoms with E-state index in [1.807, 2.05) is 11.8 Å². The Balaban J connectivity index is 1.09. The molecule has 9 aromatic rings. The smallest absolute Gasteiger partial charge is 0.103 e. The Morgan fingerprint density at radius 2 is 1.02 bits per heavy atom. The summed E-state index contributed by atoms with van der Waals surface area (Å²) in [6, 6.07) is 66.1. The number of hydrogen-bond donors (Lipinski definition) is 1. The molecule has 0 bridgehead atoms. The lowest BCUT2D eigenvalue weighted by Crippen LogP contribution is -2.25. The fraction of sp³-hybridized carbons (Fsp3) is 0.0400. The van der Waals surface area contributed by atoms with Crippen molar-refractivity contribution in [3.63, 3.8) is 0 Å². The molecule has 1 nitrogen and oxygen atoms in total. The average molecular weight is 678 g/mol. The van der Waals surface area contributed by atoms with Gasteiger partial charge in [0.05, 0.1) is 5.41 Å². The Labute approximate surface area is 306 Å². The number of hydrogen-bond acceptors (Lipinski definition) is 2. The molecule has 0 radical (unpaired) electrons. The van der Waals surface area contributed by atoms with Gasteiger partial charge in [0.25, 0.3) is 0 Å². The molecule has 1 atom stereocenters. The van der Waals surface area contributed by atoms with Gasteiger partial charge in [-0.3, -0.25) is 0 Å². The van der Waals surface area contributed by atoms with Crippen LogP contribution < -0.4 is 5.32 Å². The number of rotatable bonds is 2. The maximum Gasteiger partial charge on any atom is 0.103 e. The van der Waals surface area contributed by atoms with Crippen molar-refractivity contribution >= 4 is 49.8 Å². The highest BCUT2D eigenvalue weighted by Gasteiger charge is 2.51. The molecule has 12 rings (SSSR count). The molecule has 2 heteroatoms. The summed E-state index contributed by atoms with van der Waals surface area (Å²) < 4.78 is 0. The lowest BCUT2D eigenvalue weighted by Gasteiger charge is -2.31. The lowest BCUT2D eigenvalue weighted by atomic mass is 9.70. The minimum Gasteiger partial charge on any atom is -0.368 e. The summed E-state index contributed by atoms with van der Waals surface area (Å²) in [5.41, 5.74) is 15.5. The van der Waals surface area contributed by atoms with E-state index >= 15 is 0 Å². The van der Waals surface area contributed by atoms with Crippen molar-refractivity contribution in [1.29, 1.82) is 0 Å². The van der Waals surface area contributed by atoms with E-state index in [0.29, 0.717) is 0 Å². The molecule has 1 N–H and O–H groups in total. The molecule has 52 heavy (non-hydrogen) atoms. The van der Waals surface area contributed by atoms with Gasteiger partial charge < -0.3 is 5.32 Å². The van der Waals surface area contributed by atoms with E-state index in [2.05, 4.69) is 181 Å². The molecule has 0 saturated heterocycles. The summed E-state index contributed by atoms with van der Waals surface area (Å²) in [4.78, 5) is 1.34. The van der Waals surface area contributed by atoms with Crippen LogP contribution in [0.15, 0.2) is 181 Å². The van der Waals surface area contributed by atoms with Crippen molar-refractivity contribution < 1.29 is 0 Å². The normalized spacial score (nSPS) is 15.7. The average Bonchev–Trinajstić information content (AvgIpc) is 3.87. The molecule has 0 saturated carbocycles. The van der Waals surface area contributed by atoms with Crippen molar-refractivity contribution in [3.05, 3.63) is 204 Å². The zero-order valence-electron chi connectivity index (χ0n) is 28.2. The first kappa shape index (κ1) is 28.6. The third-order valence-electron chi connectivity index (χ3n) is 11.9. The predicted octanol–water partition coefficient (Wildman–Crippen LogP) is 13.4. The summed E-state index contributed by atoms with van der Waals surface area (Å²) >= 11 is 1.93. The van der Waals surface area contributed by atoms with Crippen molar-refractivity contribution in [3.8, 4) is 33.4 Å². The van der Waals surface area contributed by atoms with Crippen LogP contribution >= 0.6 is 11.8 Å². The largest absolute Gasteiger partial charge is 0.368 e. The van der Waals surface area contributed by atoms with Gasteiger partial charge in [-0.1, -0.05) is 157 Å². The Hall–Kier alpha value is -6.09. The van der Waals surface area contributed by atoms with E-state index in [0.717, 1.165) is 0 Å². The van der Waals surface area contributed by atoms with Gasteiger partial charge >= 0.3 is 0 Å². The standard InChI is InChI=1S/C50H31NS/c1-2-10-32(11-3-1)49-51-46-25-23-31-20-18-30-19-21-35(26-40(30)47(31)48(46)52-49)36-22-24-39-41-27-33-12-4-5-13-34(33)28-45(41)50(44(39)29-36)42-16-8-6-14-37(42)38-15-7-9-17-43(38)50/h1-29,49,51H. The van der Waals surface area contributed by atoms with Gasteiger partial charge in [0.2, 0.25) is 0 Å². The van der Waals surface area contributed by atoms with Crippen LogP contribution in [0, 0.1) is 0 Å². The van der Waals surface area contributed by atoms with Crippen molar-refractivity contribution in [2.75, 3.05) is 5.32 Å². The number of anilines is 1. The summed E-state index contributed by atoms with van der Waals surface area (Å²) in [5, 5.41) is 11.8. The van der Waals surface area contributed by atoms with Crippen LogP contribution in [0.4, 0.5) is 5.69 Å². The Morgan fingerprint density at radius 3 is 1.83 bits per heavy atom. The summed E-state index contributed by atoms with van der Waals surface area (Å²) in [7, 11) is 0. The summed E-state index contributed by atoms with van der Waals surface area (Å²) in [6.45, 7) is 0. The predicted molar refractivity (Wildman–Crippen MR) is 219 cm³/mol. The zero-order chi connectivity index (χ0) is 34.0. The molecule has 3 aliphatic rings. The fourth-order valence-corrected chi connectivity index (χ4v) is 10.9. The van der Waals surface area contributed by atoms with Crippen molar-refractivity contribution in [2.45, 2.75) is 15.7 Å². The highest BCUT2D eigenvalue weighted by Crippen LogP contribution is 2.63. The second-order valence-corrected chi connectivity index (χ2v) is 15.6. The van der Waals surface area contributed by atoms with E-state index in [9.17, 15) is 0 Å². The van der Waals surface area contributed by atoms with Crippen molar-refractivity contribution in [1.82, 2.24) is 0 Å². The van der Waals surface area contributed by atoms with Gasteiger partial charge in [0, 0.05) is 16.0 Å². The van der Waals surface area contributed by atoms with Gasteiger partial charge in [0.15, 0.2) is 0 Å². The Kier molecular flexibility index (Phi) is 5.76. The van der Waals surface area contributed by atoms with E-state index in [1.54, 1.807) is 0 Å². The number of benzene rings is 9. The minimum atomic E-state index is -0.392. The molecule has 242 valence electrons. The number of fused-ring (bicyclic) bond motifs is 16. The minimum absolute atomic E-state index is 0.198. The summed E-state index contributed by atoms with van der Waals surface area (Å²) in [6.07, 6.45) is 0. The second-order valence-electron chi connectivity index (χ2n) is 14.4. The molecule has 2 aliphatic carbocycles. The highest BCUT2D eigenvalue weighted by molar-refractivity contribution is 8.00. The second kappa shape index (κ2) is 10.5. The topological polar surface area (TPSA) is 12.0 Å². The summed E-state index contributed by atoms with van der Waals surface area (Å²) in [5.74, 6) is 0. The lowest BCUT2D eigenvalue weighted by molar-refractivity contribution is 0.795. The van der Waals surface area contributed by atoms with Gasteiger partial charge in [-0.25, -0.2) is 0 Å². The molecular formula is C50H31NS. The van der Waals surface area contributed by atoms with E-state index < -0.39 is 5.41 Å². The Bertz CT molecular complexity index is 2930. The number of nitrogens with one attached hydrogen (secondary N) is 1. The van der Waals surface area contributed by atoms with E-state index in [-0.39, 0.29) is 5.37 Å². The van der Waals surface area contributed by atoms with Crippen LogP contribution in [0.2, 0.25) is 0 Å². The Morgan fingerprint density at radius 1 is 0.423 bits per heavy atom. The third-order valence-corrected chi connectivity index (χ3v) is 13.2. The van der Waals surface area contributed by atoms with Crippen molar-refractivity contribution in [2.24, 2.45) is 0 Å². The molecule has 9 aromatic carbocycles. The van der Waals surface area contributed by atoms with Crippen LogP contribution in [-0.2, 0) is 5.41 Å². The maximum absolute atomic E-state index is 3.81. The first-order valence-corrected chi connectivity index (χ1v) is 19.0. The molecule has 0 fully saturated rings. The van der Waals surface area contributed by atoms with E-state index in [1.165, 1.54) is 104 Å². The molecular weight excluding hydrogens is 647 g/mol. The molecule has 0 aromatic heterocycles. The fourth-order valence-electron chi connectivity index (χ4n) is 9.60. The SMILES string of the molecule is c1ccc(C2Nc3ccc4ccc5ccc(-c6ccc7c(c6)C6(c8ccccc8-c8ccccc86)c6cc8ccccc8cc6-7)cc5c4c3S2)cc1. The first-order valence-electron chi connectivity index (χ1n) is 18.1. The van der Waals surface area contributed by atoms with E-state index in [4.69, 9.17) is 0 Å².